The molecule has 0 saturated heterocycles. The Bertz CT molecular complexity index is 2810. The molecule has 0 aliphatic heterocycles. The van der Waals surface area contributed by atoms with Crippen LogP contribution in [0.25, 0.3) is 69.6 Å². The predicted molar refractivity (Wildman–Crippen MR) is 211 cm³/mol. The maximum absolute atomic E-state index is 2.45. The van der Waals surface area contributed by atoms with Crippen LogP contribution >= 0.6 is 11.3 Å². The lowest BCUT2D eigenvalue weighted by molar-refractivity contribution is 1.18. The molecule has 2 nitrogen and oxygen atoms in total. The van der Waals surface area contributed by atoms with Gasteiger partial charge in [0.2, 0.25) is 0 Å². The molecule has 0 N–H and O–H groups in total. The SMILES string of the molecule is c1ccc(-c2ccc(N(c3ccc4c(c3)c3cc5ccccc5cc3n4-c3ccccc3)c3cccc4sc5ccccc5c34)cc2)cc1. The second-order valence-electron chi connectivity index (χ2n) is 12.6. The van der Waals surface area contributed by atoms with E-state index in [0.29, 0.717) is 0 Å². The second-order valence-corrected chi connectivity index (χ2v) is 13.7. The molecule has 49 heavy (non-hydrogen) atoms. The summed E-state index contributed by atoms with van der Waals surface area (Å²) in [6.07, 6.45) is 0. The highest BCUT2D eigenvalue weighted by atomic mass is 32.1. The van der Waals surface area contributed by atoms with Crippen LogP contribution in [-0.2, 0) is 0 Å². The van der Waals surface area contributed by atoms with Crippen molar-refractivity contribution in [3.05, 3.63) is 182 Å². The Morgan fingerprint density at radius 3 is 1.86 bits per heavy atom. The summed E-state index contributed by atoms with van der Waals surface area (Å²) >= 11 is 1.86. The Morgan fingerprint density at radius 2 is 1.04 bits per heavy atom. The lowest BCUT2D eigenvalue weighted by Crippen LogP contribution is -2.10. The number of benzene rings is 8. The molecule has 0 aliphatic carbocycles. The van der Waals surface area contributed by atoms with Crippen molar-refractivity contribution in [3.8, 4) is 16.8 Å². The molecule has 0 fully saturated rings. The van der Waals surface area contributed by atoms with Crippen LogP contribution in [0.5, 0.6) is 0 Å². The number of hydrogen-bond donors (Lipinski definition) is 0. The molecule has 10 rings (SSSR count). The molecule has 10 aromatic rings. The van der Waals surface area contributed by atoms with Gasteiger partial charge in [-0.3, -0.25) is 0 Å². The number of para-hydroxylation sites is 1. The van der Waals surface area contributed by atoms with Gasteiger partial charge < -0.3 is 9.47 Å². The highest BCUT2D eigenvalue weighted by Gasteiger charge is 2.21. The van der Waals surface area contributed by atoms with Crippen molar-refractivity contribution < 1.29 is 0 Å². The van der Waals surface area contributed by atoms with Crippen molar-refractivity contribution >= 4 is 81.1 Å². The Balaban J connectivity index is 1.25. The maximum Gasteiger partial charge on any atom is 0.0554 e. The van der Waals surface area contributed by atoms with Crippen LogP contribution in [0.1, 0.15) is 0 Å². The summed E-state index contributed by atoms with van der Waals surface area (Å²) in [4.78, 5) is 2.45. The number of fused-ring (bicyclic) bond motifs is 7. The predicted octanol–water partition coefficient (Wildman–Crippen LogP) is 13.4. The van der Waals surface area contributed by atoms with E-state index < -0.39 is 0 Å². The standard InChI is InChI=1S/C46H30N2S/c1-3-12-31(13-4-1)32-22-24-36(25-23-32)47(42-19-11-21-45-46(42)38-18-9-10-20-44(38)49-45)37-26-27-41-40(30-37)39-28-33-14-7-8-15-34(33)29-43(39)48(41)35-16-5-2-6-17-35/h1-30H. The minimum absolute atomic E-state index is 1.12. The zero-order valence-corrected chi connectivity index (χ0v) is 27.4. The van der Waals surface area contributed by atoms with Gasteiger partial charge in [-0.1, -0.05) is 109 Å². The lowest BCUT2D eigenvalue weighted by Gasteiger charge is -2.27. The Hall–Kier alpha value is -6.16. The maximum atomic E-state index is 2.45. The van der Waals surface area contributed by atoms with E-state index in [-0.39, 0.29) is 0 Å². The first-order valence-corrected chi connectivity index (χ1v) is 17.5. The lowest BCUT2D eigenvalue weighted by atomic mass is 10.0. The third-order valence-electron chi connectivity index (χ3n) is 9.74. The van der Waals surface area contributed by atoms with Gasteiger partial charge in [-0.25, -0.2) is 0 Å². The molecule has 230 valence electrons. The van der Waals surface area contributed by atoms with Crippen molar-refractivity contribution in [1.82, 2.24) is 4.57 Å². The Morgan fingerprint density at radius 1 is 0.408 bits per heavy atom. The zero-order chi connectivity index (χ0) is 32.3. The fourth-order valence-electron chi connectivity index (χ4n) is 7.49. The number of anilines is 3. The molecular weight excluding hydrogens is 613 g/mol. The smallest absolute Gasteiger partial charge is 0.0554 e. The molecule has 3 heteroatoms. The number of hydrogen-bond acceptors (Lipinski definition) is 2. The van der Waals surface area contributed by atoms with E-state index in [1.54, 1.807) is 0 Å². The first-order chi connectivity index (χ1) is 24.3. The Kier molecular flexibility index (Phi) is 6.39. The second kappa shape index (κ2) is 11.2. The summed E-state index contributed by atoms with van der Waals surface area (Å²) in [7, 11) is 0. The summed E-state index contributed by atoms with van der Waals surface area (Å²) in [5.41, 5.74) is 9.42. The molecule has 0 aliphatic rings. The largest absolute Gasteiger partial charge is 0.310 e. The first kappa shape index (κ1) is 27.9. The zero-order valence-electron chi connectivity index (χ0n) is 26.6. The van der Waals surface area contributed by atoms with Crippen LogP contribution in [0, 0.1) is 0 Å². The van der Waals surface area contributed by atoms with E-state index >= 15 is 0 Å². The van der Waals surface area contributed by atoms with Crippen LogP contribution in [0.4, 0.5) is 17.1 Å². The summed E-state index contributed by atoms with van der Waals surface area (Å²) in [6.45, 7) is 0. The third-order valence-corrected chi connectivity index (χ3v) is 10.9. The monoisotopic (exact) mass is 642 g/mol. The van der Waals surface area contributed by atoms with E-state index in [9.17, 15) is 0 Å². The molecule has 0 amide bonds. The average Bonchev–Trinajstić information content (AvgIpc) is 3.70. The van der Waals surface area contributed by atoms with Gasteiger partial charge in [0, 0.05) is 48.0 Å². The summed E-state index contributed by atoms with van der Waals surface area (Å²) in [5, 5.41) is 7.54. The topological polar surface area (TPSA) is 8.17 Å². The van der Waals surface area contributed by atoms with E-state index in [1.807, 2.05) is 11.3 Å². The average molecular weight is 643 g/mol. The highest BCUT2D eigenvalue weighted by molar-refractivity contribution is 7.26. The van der Waals surface area contributed by atoms with Crippen LogP contribution in [0.15, 0.2) is 182 Å². The molecule has 0 atom stereocenters. The third kappa shape index (κ3) is 4.55. The van der Waals surface area contributed by atoms with Crippen LogP contribution in [-0.4, -0.2) is 4.57 Å². The number of thiophene rings is 1. The molecule has 2 aromatic heterocycles. The van der Waals surface area contributed by atoms with E-state index in [2.05, 4.69) is 191 Å². The van der Waals surface area contributed by atoms with Gasteiger partial charge in [0.05, 0.1) is 16.7 Å². The van der Waals surface area contributed by atoms with Crippen molar-refractivity contribution in [2.24, 2.45) is 0 Å². The minimum atomic E-state index is 1.12. The van der Waals surface area contributed by atoms with E-state index in [1.165, 1.54) is 69.6 Å². The normalized spacial score (nSPS) is 11.7. The fourth-order valence-corrected chi connectivity index (χ4v) is 8.62. The summed E-state index contributed by atoms with van der Waals surface area (Å²) in [5.74, 6) is 0. The van der Waals surface area contributed by atoms with Crippen molar-refractivity contribution in [3.63, 3.8) is 0 Å². The van der Waals surface area contributed by atoms with Crippen molar-refractivity contribution in [2.75, 3.05) is 4.90 Å². The van der Waals surface area contributed by atoms with E-state index in [0.717, 1.165) is 17.1 Å². The molecular formula is C46H30N2S. The van der Waals surface area contributed by atoms with Gasteiger partial charge in [0.1, 0.15) is 0 Å². The molecule has 0 bridgehead atoms. The number of rotatable bonds is 5. The molecule has 8 aromatic carbocycles. The van der Waals surface area contributed by atoms with Gasteiger partial charge in [-0.2, -0.15) is 0 Å². The first-order valence-electron chi connectivity index (χ1n) is 16.7. The van der Waals surface area contributed by atoms with Gasteiger partial charge in [-0.15, -0.1) is 11.3 Å². The van der Waals surface area contributed by atoms with Gasteiger partial charge >= 0.3 is 0 Å². The minimum Gasteiger partial charge on any atom is -0.310 e. The summed E-state index contributed by atoms with van der Waals surface area (Å²) < 4.78 is 5.00. The molecule has 0 saturated carbocycles. The number of aromatic nitrogens is 1. The molecule has 0 unspecified atom stereocenters. The number of nitrogens with zero attached hydrogens (tertiary/aromatic N) is 2. The van der Waals surface area contributed by atoms with E-state index in [4.69, 9.17) is 0 Å². The molecule has 0 spiro atoms. The molecule has 2 heterocycles. The Labute approximate surface area is 288 Å². The molecule has 0 radical (unpaired) electrons. The summed E-state index contributed by atoms with van der Waals surface area (Å²) in [6, 6.07) is 66.2. The van der Waals surface area contributed by atoms with Crippen LogP contribution in [0.2, 0.25) is 0 Å². The van der Waals surface area contributed by atoms with Gasteiger partial charge in [0.15, 0.2) is 0 Å². The fraction of sp³-hybridized carbons (Fsp3) is 0. The van der Waals surface area contributed by atoms with Crippen molar-refractivity contribution in [2.45, 2.75) is 0 Å². The van der Waals surface area contributed by atoms with Gasteiger partial charge in [-0.05, 0) is 94.7 Å². The highest BCUT2D eigenvalue weighted by Crippen LogP contribution is 2.46. The van der Waals surface area contributed by atoms with Crippen molar-refractivity contribution in [1.29, 1.82) is 0 Å². The van der Waals surface area contributed by atoms with Crippen LogP contribution < -0.4 is 4.90 Å². The van der Waals surface area contributed by atoms with Crippen LogP contribution in [0.3, 0.4) is 0 Å². The quantitative estimate of drug-likeness (QED) is 0.181. The van der Waals surface area contributed by atoms with Gasteiger partial charge in [0.25, 0.3) is 0 Å².